The Morgan fingerprint density at radius 2 is 1.79 bits per heavy atom. The predicted molar refractivity (Wildman–Crippen MR) is 133 cm³/mol. The molecule has 1 aliphatic heterocycles. The quantitative estimate of drug-likeness (QED) is 0.387. The van der Waals surface area contributed by atoms with Crippen molar-refractivity contribution in [3.63, 3.8) is 0 Å². The van der Waals surface area contributed by atoms with Crippen molar-refractivity contribution in [2.75, 3.05) is 32.7 Å². The Bertz CT molecular complexity index is 1270. The summed E-state index contributed by atoms with van der Waals surface area (Å²) in [5.41, 5.74) is 4.55. The Balaban J connectivity index is 1.26. The van der Waals surface area contributed by atoms with E-state index in [1.165, 1.54) is 5.56 Å². The molecule has 1 fully saturated rings. The van der Waals surface area contributed by atoms with Crippen LogP contribution in [0.5, 0.6) is 0 Å². The molecule has 2 aromatic carbocycles. The molecule has 0 atom stereocenters. The summed E-state index contributed by atoms with van der Waals surface area (Å²) in [6.45, 7) is 4.58. The molecule has 0 N–H and O–H groups in total. The zero-order valence-electron chi connectivity index (χ0n) is 18.4. The molecule has 168 valence electrons. The molecule has 5 nitrogen and oxygen atoms in total. The van der Waals surface area contributed by atoms with Crippen LogP contribution in [0.25, 0.3) is 17.2 Å². The minimum absolute atomic E-state index is 0.0444. The SMILES string of the molecule is O=C(c1cc2occc2n1Cc1cccc(Cl)c1)N1CCN(CC=Cc2ccccc2)CC1. The predicted octanol–water partition coefficient (Wildman–Crippen LogP) is 5.41. The van der Waals surface area contributed by atoms with E-state index in [2.05, 4.69) is 29.2 Å². The van der Waals surface area contributed by atoms with E-state index in [0.717, 1.165) is 36.3 Å². The van der Waals surface area contributed by atoms with Gasteiger partial charge in [-0.3, -0.25) is 9.69 Å². The van der Waals surface area contributed by atoms with Crippen LogP contribution >= 0.6 is 11.6 Å². The molecule has 0 unspecified atom stereocenters. The highest BCUT2D eigenvalue weighted by atomic mass is 35.5. The molecule has 3 heterocycles. The van der Waals surface area contributed by atoms with E-state index in [-0.39, 0.29) is 5.91 Å². The lowest BCUT2D eigenvalue weighted by Gasteiger charge is -2.34. The molecule has 4 aromatic rings. The molecular formula is C27H26ClN3O2. The second-order valence-corrected chi connectivity index (χ2v) is 8.76. The number of benzene rings is 2. The maximum Gasteiger partial charge on any atom is 0.270 e. The Morgan fingerprint density at radius 3 is 2.58 bits per heavy atom. The zero-order chi connectivity index (χ0) is 22.6. The number of rotatable bonds is 6. The highest BCUT2D eigenvalue weighted by molar-refractivity contribution is 6.30. The molecule has 1 saturated heterocycles. The van der Waals surface area contributed by atoms with Crippen molar-refractivity contribution in [3.8, 4) is 0 Å². The first-order valence-electron chi connectivity index (χ1n) is 11.2. The van der Waals surface area contributed by atoms with E-state index < -0.39 is 0 Å². The van der Waals surface area contributed by atoms with Gasteiger partial charge in [-0.2, -0.15) is 0 Å². The lowest BCUT2D eigenvalue weighted by atomic mass is 10.2. The lowest BCUT2D eigenvalue weighted by molar-refractivity contribution is 0.0640. The highest BCUT2D eigenvalue weighted by Gasteiger charge is 2.25. The molecule has 0 spiro atoms. The molecule has 5 rings (SSSR count). The van der Waals surface area contributed by atoms with E-state index in [1.54, 1.807) is 6.26 Å². The van der Waals surface area contributed by atoms with Crippen LogP contribution in [-0.2, 0) is 6.54 Å². The van der Waals surface area contributed by atoms with Gasteiger partial charge in [-0.1, -0.05) is 66.2 Å². The number of amides is 1. The smallest absolute Gasteiger partial charge is 0.270 e. The van der Waals surface area contributed by atoms with Crippen molar-refractivity contribution in [2.24, 2.45) is 0 Å². The number of carbonyl (C=O) groups excluding carboxylic acids is 1. The Kier molecular flexibility index (Phi) is 6.33. The van der Waals surface area contributed by atoms with Gasteiger partial charge in [0.25, 0.3) is 5.91 Å². The van der Waals surface area contributed by atoms with Crippen molar-refractivity contribution in [1.29, 1.82) is 0 Å². The molecule has 0 radical (unpaired) electrons. The third-order valence-electron chi connectivity index (χ3n) is 6.10. The highest BCUT2D eigenvalue weighted by Crippen LogP contribution is 2.25. The summed E-state index contributed by atoms with van der Waals surface area (Å²) in [6, 6.07) is 21.8. The topological polar surface area (TPSA) is 41.6 Å². The van der Waals surface area contributed by atoms with Crippen molar-refractivity contribution < 1.29 is 9.21 Å². The number of furan rings is 1. The van der Waals surface area contributed by atoms with Crippen molar-refractivity contribution in [2.45, 2.75) is 6.54 Å². The molecule has 6 heteroatoms. The fourth-order valence-corrected chi connectivity index (χ4v) is 4.55. The number of hydrogen-bond acceptors (Lipinski definition) is 3. The van der Waals surface area contributed by atoms with Crippen LogP contribution in [0.2, 0.25) is 5.02 Å². The number of fused-ring (bicyclic) bond motifs is 1. The fraction of sp³-hybridized carbons (Fsp3) is 0.222. The van der Waals surface area contributed by atoms with Crippen LogP contribution < -0.4 is 0 Å². The second kappa shape index (κ2) is 9.69. The molecule has 1 aliphatic rings. The molecule has 0 saturated carbocycles. The molecule has 1 amide bonds. The van der Waals surface area contributed by atoms with Crippen LogP contribution in [0.1, 0.15) is 21.6 Å². The number of hydrogen-bond donors (Lipinski definition) is 0. The number of nitrogens with zero attached hydrogens (tertiary/aromatic N) is 3. The third kappa shape index (κ3) is 4.90. The normalized spacial score (nSPS) is 15.0. The second-order valence-electron chi connectivity index (χ2n) is 8.32. The number of halogens is 1. The third-order valence-corrected chi connectivity index (χ3v) is 6.34. The summed E-state index contributed by atoms with van der Waals surface area (Å²) >= 11 is 6.18. The van der Waals surface area contributed by atoms with Gasteiger partial charge >= 0.3 is 0 Å². The van der Waals surface area contributed by atoms with Crippen LogP contribution in [0, 0.1) is 0 Å². The first-order chi connectivity index (χ1) is 16.2. The zero-order valence-corrected chi connectivity index (χ0v) is 19.1. The average Bonchev–Trinajstić information content (AvgIpc) is 3.43. The van der Waals surface area contributed by atoms with Crippen molar-refractivity contribution in [1.82, 2.24) is 14.4 Å². The van der Waals surface area contributed by atoms with Crippen LogP contribution in [0.15, 0.2) is 83.5 Å². The average molecular weight is 460 g/mol. The molecule has 0 bridgehead atoms. The van der Waals surface area contributed by atoms with Crippen LogP contribution in [0.4, 0.5) is 0 Å². The lowest BCUT2D eigenvalue weighted by Crippen LogP contribution is -2.49. The van der Waals surface area contributed by atoms with E-state index in [1.807, 2.05) is 64.1 Å². The number of carbonyl (C=O) groups is 1. The molecule has 2 aromatic heterocycles. The van der Waals surface area contributed by atoms with Gasteiger partial charge in [0.2, 0.25) is 0 Å². The van der Waals surface area contributed by atoms with Gasteiger partial charge < -0.3 is 13.9 Å². The molecular weight excluding hydrogens is 434 g/mol. The summed E-state index contributed by atoms with van der Waals surface area (Å²) in [4.78, 5) is 17.8. The Labute approximate surface area is 198 Å². The van der Waals surface area contributed by atoms with Gasteiger partial charge in [0.1, 0.15) is 5.69 Å². The fourth-order valence-electron chi connectivity index (χ4n) is 4.34. The van der Waals surface area contributed by atoms with Gasteiger partial charge in [0, 0.05) is 56.4 Å². The monoisotopic (exact) mass is 459 g/mol. The summed E-state index contributed by atoms with van der Waals surface area (Å²) in [5.74, 6) is 0.0444. The minimum Gasteiger partial charge on any atom is -0.463 e. The first kappa shape index (κ1) is 21.6. The van der Waals surface area contributed by atoms with Crippen molar-refractivity contribution in [3.05, 3.63) is 101 Å². The number of aromatic nitrogens is 1. The molecule has 33 heavy (non-hydrogen) atoms. The Hall–Kier alpha value is -3.28. The summed E-state index contributed by atoms with van der Waals surface area (Å²) < 4.78 is 7.63. The first-order valence-corrected chi connectivity index (χ1v) is 11.6. The van der Waals surface area contributed by atoms with E-state index in [9.17, 15) is 4.79 Å². The largest absolute Gasteiger partial charge is 0.463 e. The van der Waals surface area contributed by atoms with E-state index >= 15 is 0 Å². The van der Waals surface area contributed by atoms with Gasteiger partial charge in [-0.15, -0.1) is 0 Å². The maximum absolute atomic E-state index is 13.5. The van der Waals surface area contributed by atoms with Gasteiger partial charge in [0.05, 0.1) is 11.8 Å². The molecule has 0 aliphatic carbocycles. The summed E-state index contributed by atoms with van der Waals surface area (Å²) in [6.07, 6.45) is 6.00. The van der Waals surface area contributed by atoms with Crippen LogP contribution in [-0.4, -0.2) is 53.0 Å². The number of piperazine rings is 1. The maximum atomic E-state index is 13.5. The standard InChI is InChI=1S/C27H26ClN3O2/c28-23-10-4-8-22(18-23)20-31-24-11-17-33-26(24)19-25(31)27(32)30-15-13-29(14-16-30)12-5-9-21-6-2-1-3-7-21/h1-11,17-19H,12-16,20H2. The van der Waals surface area contributed by atoms with E-state index in [4.69, 9.17) is 16.0 Å². The van der Waals surface area contributed by atoms with E-state index in [0.29, 0.717) is 30.4 Å². The summed E-state index contributed by atoms with van der Waals surface area (Å²) in [5, 5.41) is 0.688. The summed E-state index contributed by atoms with van der Waals surface area (Å²) in [7, 11) is 0. The van der Waals surface area contributed by atoms with Gasteiger partial charge in [0.15, 0.2) is 5.58 Å². The van der Waals surface area contributed by atoms with Crippen molar-refractivity contribution >= 4 is 34.7 Å². The van der Waals surface area contributed by atoms with Gasteiger partial charge in [-0.25, -0.2) is 0 Å². The van der Waals surface area contributed by atoms with Crippen LogP contribution in [0.3, 0.4) is 0 Å². The Morgan fingerprint density at radius 1 is 0.970 bits per heavy atom. The van der Waals surface area contributed by atoms with Gasteiger partial charge in [-0.05, 0) is 23.3 Å². The minimum atomic E-state index is 0.0444.